The Bertz CT molecular complexity index is 1570. The lowest BCUT2D eigenvalue weighted by molar-refractivity contribution is 0.296. The van der Waals surface area contributed by atoms with Crippen molar-refractivity contribution in [3.8, 4) is 17.2 Å². The van der Waals surface area contributed by atoms with E-state index in [9.17, 15) is 0 Å². The molecule has 0 saturated heterocycles. The van der Waals surface area contributed by atoms with Crippen LogP contribution in [0.3, 0.4) is 0 Å². The number of fused-ring (bicyclic) bond motifs is 4. The highest BCUT2D eigenvalue weighted by Crippen LogP contribution is 2.25. The predicted octanol–water partition coefficient (Wildman–Crippen LogP) is 4.20. The van der Waals surface area contributed by atoms with Gasteiger partial charge in [-0.1, -0.05) is 30.3 Å². The Hall–Kier alpha value is -4.46. The maximum atomic E-state index is 5.96. The van der Waals surface area contributed by atoms with E-state index in [1.807, 2.05) is 66.7 Å². The smallest absolute Gasteiger partial charge is 0.189 e. The fraction of sp³-hybridized carbons (Fsp3) is 0.0833. The van der Waals surface area contributed by atoms with Gasteiger partial charge in [0.05, 0.1) is 24.4 Å². The molecule has 32 heavy (non-hydrogen) atoms. The molecule has 0 bridgehead atoms. The fourth-order valence-corrected chi connectivity index (χ4v) is 3.75. The van der Waals surface area contributed by atoms with Crippen molar-refractivity contribution in [1.29, 1.82) is 0 Å². The Balaban J connectivity index is 1.29. The van der Waals surface area contributed by atoms with E-state index in [0.717, 1.165) is 39.0 Å². The molecule has 0 fully saturated rings. The Morgan fingerprint density at radius 2 is 1.66 bits per heavy atom. The number of methoxy groups -OCH3 is 1. The third-order valence-electron chi connectivity index (χ3n) is 5.34. The molecule has 156 valence electrons. The monoisotopic (exact) mass is 422 g/mol. The molecule has 3 heterocycles. The summed E-state index contributed by atoms with van der Waals surface area (Å²) in [5, 5.41) is 12.0. The Kier molecular flexibility index (Phi) is 4.21. The lowest BCUT2D eigenvalue weighted by Gasteiger charge is -2.06. The summed E-state index contributed by atoms with van der Waals surface area (Å²) in [7, 11) is 1.66. The van der Waals surface area contributed by atoms with Gasteiger partial charge in [0.2, 0.25) is 0 Å². The highest BCUT2D eigenvalue weighted by Gasteiger charge is 2.14. The second-order valence-electron chi connectivity index (χ2n) is 7.33. The van der Waals surface area contributed by atoms with Crippen LogP contribution in [0.15, 0.2) is 79.3 Å². The van der Waals surface area contributed by atoms with Crippen LogP contribution in [0, 0.1) is 0 Å². The summed E-state index contributed by atoms with van der Waals surface area (Å²) in [5.41, 5.74) is 2.37. The summed E-state index contributed by atoms with van der Waals surface area (Å²) in [4.78, 5) is 9.20. The first-order valence-electron chi connectivity index (χ1n) is 10.1. The van der Waals surface area contributed by atoms with E-state index in [-0.39, 0.29) is 6.61 Å². The van der Waals surface area contributed by atoms with Crippen molar-refractivity contribution in [2.75, 3.05) is 7.11 Å². The molecule has 3 aromatic carbocycles. The molecule has 3 aromatic heterocycles. The van der Waals surface area contributed by atoms with Crippen molar-refractivity contribution in [2.24, 2.45) is 0 Å². The first kappa shape index (κ1) is 18.3. The number of ether oxygens (including phenoxy) is 2. The van der Waals surface area contributed by atoms with Crippen molar-refractivity contribution in [3.63, 3.8) is 0 Å². The van der Waals surface area contributed by atoms with Crippen LogP contribution in [0.1, 0.15) is 5.82 Å². The molecule has 0 aliphatic heterocycles. The quantitative estimate of drug-likeness (QED) is 0.414. The number of hydrogen-bond acceptors (Lipinski definition) is 6. The zero-order valence-electron chi connectivity index (χ0n) is 17.2. The summed E-state index contributed by atoms with van der Waals surface area (Å²) in [6.07, 6.45) is 3.42. The SMILES string of the molecule is COc1ccc2cc(OCc3nc4c5cnn(-c6ccccc6)c5ncn4n3)ccc2c1. The van der Waals surface area contributed by atoms with Crippen LogP contribution in [0.4, 0.5) is 0 Å². The highest BCUT2D eigenvalue weighted by molar-refractivity contribution is 5.89. The van der Waals surface area contributed by atoms with Crippen LogP contribution >= 0.6 is 0 Å². The van der Waals surface area contributed by atoms with Gasteiger partial charge in [-0.3, -0.25) is 0 Å². The number of hydrogen-bond donors (Lipinski definition) is 0. The highest BCUT2D eigenvalue weighted by atomic mass is 16.5. The van der Waals surface area contributed by atoms with Gasteiger partial charge in [-0.2, -0.15) is 5.10 Å². The molecule has 8 heteroatoms. The van der Waals surface area contributed by atoms with Gasteiger partial charge in [0.25, 0.3) is 0 Å². The average molecular weight is 422 g/mol. The Labute approximate surface area is 182 Å². The molecule has 0 saturated carbocycles. The van der Waals surface area contributed by atoms with Crippen LogP contribution in [0.25, 0.3) is 33.1 Å². The van der Waals surface area contributed by atoms with Gasteiger partial charge in [-0.15, -0.1) is 5.10 Å². The van der Waals surface area contributed by atoms with E-state index >= 15 is 0 Å². The molecule has 6 rings (SSSR count). The number of benzene rings is 3. The molecular formula is C24H18N6O2. The molecule has 0 amide bonds. The minimum absolute atomic E-state index is 0.248. The van der Waals surface area contributed by atoms with Crippen LogP contribution in [-0.2, 0) is 6.61 Å². The first-order valence-corrected chi connectivity index (χ1v) is 10.1. The average Bonchev–Trinajstić information content (AvgIpc) is 3.46. The number of para-hydroxylation sites is 1. The van der Waals surface area contributed by atoms with Gasteiger partial charge >= 0.3 is 0 Å². The van der Waals surface area contributed by atoms with E-state index in [0.29, 0.717) is 11.5 Å². The molecule has 0 aliphatic rings. The van der Waals surface area contributed by atoms with E-state index in [2.05, 4.69) is 20.2 Å². The maximum Gasteiger partial charge on any atom is 0.189 e. The van der Waals surface area contributed by atoms with Crippen molar-refractivity contribution in [3.05, 3.63) is 85.1 Å². The van der Waals surface area contributed by atoms with Gasteiger partial charge in [-0.25, -0.2) is 19.2 Å². The van der Waals surface area contributed by atoms with Crippen LogP contribution in [0.2, 0.25) is 0 Å². The second-order valence-corrected chi connectivity index (χ2v) is 7.33. The van der Waals surface area contributed by atoms with Gasteiger partial charge in [0.15, 0.2) is 17.1 Å². The first-order chi connectivity index (χ1) is 15.8. The number of nitrogens with zero attached hydrogens (tertiary/aromatic N) is 6. The Morgan fingerprint density at radius 3 is 2.47 bits per heavy atom. The molecule has 6 aromatic rings. The molecule has 8 nitrogen and oxygen atoms in total. The number of aromatic nitrogens is 6. The lowest BCUT2D eigenvalue weighted by Crippen LogP contribution is -1.99. The topological polar surface area (TPSA) is 79.4 Å². The zero-order valence-corrected chi connectivity index (χ0v) is 17.2. The molecular weight excluding hydrogens is 404 g/mol. The van der Waals surface area contributed by atoms with Crippen molar-refractivity contribution in [1.82, 2.24) is 29.4 Å². The van der Waals surface area contributed by atoms with E-state index in [1.165, 1.54) is 0 Å². The van der Waals surface area contributed by atoms with Gasteiger partial charge in [-0.05, 0) is 47.2 Å². The largest absolute Gasteiger partial charge is 0.497 e. The van der Waals surface area contributed by atoms with E-state index in [1.54, 1.807) is 28.8 Å². The zero-order chi connectivity index (χ0) is 21.5. The fourth-order valence-electron chi connectivity index (χ4n) is 3.75. The third kappa shape index (κ3) is 3.09. The standard InChI is InChI=1S/C24H18N6O2/c1-31-19-9-7-17-12-20(10-8-16(17)11-19)32-14-22-27-24-21-13-26-30(18-5-3-2-4-6-18)23(21)25-15-29(24)28-22/h2-13,15H,14H2,1H3. The van der Waals surface area contributed by atoms with Crippen molar-refractivity contribution >= 4 is 27.5 Å². The van der Waals surface area contributed by atoms with Crippen LogP contribution in [0.5, 0.6) is 11.5 Å². The molecule has 0 radical (unpaired) electrons. The van der Waals surface area contributed by atoms with Crippen LogP contribution < -0.4 is 9.47 Å². The van der Waals surface area contributed by atoms with Crippen molar-refractivity contribution in [2.45, 2.75) is 6.61 Å². The molecule has 0 atom stereocenters. The lowest BCUT2D eigenvalue weighted by atomic mass is 10.1. The maximum absolute atomic E-state index is 5.96. The molecule has 0 unspecified atom stereocenters. The molecule has 0 aliphatic carbocycles. The summed E-state index contributed by atoms with van der Waals surface area (Å²) < 4.78 is 14.7. The summed E-state index contributed by atoms with van der Waals surface area (Å²) in [6.45, 7) is 0.248. The number of rotatable bonds is 5. The summed E-state index contributed by atoms with van der Waals surface area (Å²) in [5.74, 6) is 2.15. The normalized spacial score (nSPS) is 11.4. The van der Waals surface area contributed by atoms with E-state index < -0.39 is 0 Å². The van der Waals surface area contributed by atoms with E-state index in [4.69, 9.17) is 9.47 Å². The Morgan fingerprint density at radius 1 is 0.875 bits per heavy atom. The summed E-state index contributed by atoms with van der Waals surface area (Å²) in [6, 6.07) is 21.8. The predicted molar refractivity (Wildman–Crippen MR) is 120 cm³/mol. The van der Waals surface area contributed by atoms with Crippen molar-refractivity contribution < 1.29 is 9.47 Å². The van der Waals surface area contributed by atoms with Gasteiger partial charge < -0.3 is 9.47 Å². The molecule has 0 N–H and O–H groups in total. The third-order valence-corrected chi connectivity index (χ3v) is 5.34. The van der Waals surface area contributed by atoms with Gasteiger partial charge in [0, 0.05) is 0 Å². The second kappa shape index (κ2) is 7.35. The minimum atomic E-state index is 0.248. The van der Waals surface area contributed by atoms with Crippen LogP contribution in [-0.4, -0.2) is 36.5 Å². The van der Waals surface area contributed by atoms with Gasteiger partial charge in [0.1, 0.15) is 24.4 Å². The molecule has 0 spiro atoms. The summed E-state index contributed by atoms with van der Waals surface area (Å²) >= 11 is 0. The minimum Gasteiger partial charge on any atom is -0.497 e.